The van der Waals surface area contributed by atoms with Crippen LogP contribution in [-0.4, -0.2) is 18.5 Å². The summed E-state index contributed by atoms with van der Waals surface area (Å²) in [6.45, 7) is 6.10. The van der Waals surface area contributed by atoms with Gasteiger partial charge in [0.05, 0.1) is 4.47 Å². The molecular formula is C19H21BrClN3O3. The number of hydrogen-bond acceptors (Lipinski definition) is 3. The molecule has 0 saturated carbocycles. The molecular weight excluding hydrogens is 434 g/mol. The van der Waals surface area contributed by atoms with E-state index in [0.29, 0.717) is 16.5 Å². The average Bonchev–Trinajstić information content (AvgIpc) is 2.60. The van der Waals surface area contributed by atoms with Crippen LogP contribution in [0.1, 0.15) is 26.3 Å². The normalized spacial score (nSPS) is 10.9. The zero-order chi connectivity index (χ0) is 20.0. The summed E-state index contributed by atoms with van der Waals surface area (Å²) in [6, 6.07) is 11.7. The molecule has 2 aromatic carbocycles. The van der Waals surface area contributed by atoms with Gasteiger partial charge in [0.2, 0.25) is 0 Å². The van der Waals surface area contributed by atoms with Crippen molar-refractivity contribution >= 4 is 45.2 Å². The van der Waals surface area contributed by atoms with E-state index in [2.05, 4.69) is 52.9 Å². The molecule has 0 aliphatic heterocycles. The van der Waals surface area contributed by atoms with Crippen LogP contribution in [0.25, 0.3) is 0 Å². The van der Waals surface area contributed by atoms with Gasteiger partial charge in [0.15, 0.2) is 6.61 Å². The molecule has 0 radical (unpaired) electrons. The van der Waals surface area contributed by atoms with E-state index in [4.69, 9.17) is 16.3 Å². The van der Waals surface area contributed by atoms with Gasteiger partial charge in [-0.15, -0.1) is 0 Å². The maximum absolute atomic E-state index is 11.8. The van der Waals surface area contributed by atoms with E-state index in [9.17, 15) is 9.59 Å². The van der Waals surface area contributed by atoms with Gasteiger partial charge in [-0.25, -0.2) is 10.2 Å². The summed E-state index contributed by atoms with van der Waals surface area (Å²) in [7, 11) is 0. The second-order valence-corrected chi connectivity index (χ2v) is 8.11. The molecule has 3 N–H and O–H groups in total. The highest BCUT2D eigenvalue weighted by Crippen LogP contribution is 2.31. The molecule has 2 aromatic rings. The number of anilines is 1. The third-order valence-electron chi connectivity index (χ3n) is 3.57. The second-order valence-electron chi connectivity index (χ2n) is 6.82. The van der Waals surface area contributed by atoms with E-state index >= 15 is 0 Å². The molecule has 0 heterocycles. The van der Waals surface area contributed by atoms with Gasteiger partial charge in [0.1, 0.15) is 5.75 Å². The summed E-state index contributed by atoms with van der Waals surface area (Å²) in [5.41, 5.74) is 6.23. The molecule has 0 aromatic heterocycles. The molecule has 0 aliphatic carbocycles. The second kappa shape index (κ2) is 9.10. The van der Waals surface area contributed by atoms with Crippen LogP contribution < -0.4 is 20.9 Å². The Balaban J connectivity index is 1.79. The molecule has 0 unspecified atom stereocenters. The smallest absolute Gasteiger partial charge is 0.337 e. The molecule has 8 heteroatoms. The highest BCUT2D eigenvalue weighted by atomic mass is 79.9. The number of carbonyl (C=O) groups is 2. The molecule has 0 bridgehead atoms. The van der Waals surface area contributed by atoms with Crippen LogP contribution >= 0.6 is 27.5 Å². The van der Waals surface area contributed by atoms with Gasteiger partial charge in [-0.1, -0.05) is 38.4 Å². The van der Waals surface area contributed by atoms with E-state index in [1.807, 2.05) is 12.1 Å². The zero-order valence-electron chi connectivity index (χ0n) is 15.2. The van der Waals surface area contributed by atoms with Gasteiger partial charge >= 0.3 is 6.03 Å². The Kier molecular flexibility index (Phi) is 7.10. The van der Waals surface area contributed by atoms with Crippen molar-refractivity contribution in [3.8, 4) is 5.75 Å². The maximum Gasteiger partial charge on any atom is 0.337 e. The fourth-order valence-corrected chi connectivity index (χ4v) is 2.71. The Hall–Kier alpha value is -2.25. The number of carbonyl (C=O) groups excluding carboxylic acids is 2. The van der Waals surface area contributed by atoms with E-state index in [1.54, 1.807) is 30.3 Å². The van der Waals surface area contributed by atoms with Crippen molar-refractivity contribution in [2.75, 3.05) is 11.9 Å². The van der Waals surface area contributed by atoms with Crippen molar-refractivity contribution in [3.63, 3.8) is 0 Å². The van der Waals surface area contributed by atoms with Crippen molar-refractivity contribution in [3.05, 3.63) is 57.5 Å². The van der Waals surface area contributed by atoms with Gasteiger partial charge in [0, 0.05) is 10.7 Å². The molecule has 144 valence electrons. The monoisotopic (exact) mass is 453 g/mol. The summed E-state index contributed by atoms with van der Waals surface area (Å²) in [5, 5.41) is 3.12. The van der Waals surface area contributed by atoms with Crippen molar-refractivity contribution in [2.24, 2.45) is 0 Å². The Morgan fingerprint density at radius 2 is 1.74 bits per heavy atom. The summed E-state index contributed by atoms with van der Waals surface area (Å²) >= 11 is 9.22. The molecule has 6 nitrogen and oxygen atoms in total. The summed E-state index contributed by atoms with van der Waals surface area (Å²) in [5.74, 6) is 0.0526. The number of hydrazine groups is 1. The lowest BCUT2D eigenvalue weighted by atomic mass is 9.87. The number of halogens is 2. The Labute approximate surface area is 171 Å². The Bertz CT molecular complexity index is 820. The predicted molar refractivity (Wildman–Crippen MR) is 110 cm³/mol. The number of rotatable bonds is 4. The average molecular weight is 455 g/mol. The minimum absolute atomic E-state index is 0.0137. The van der Waals surface area contributed by atoms with Gasteiger partial charge in [0.25, 0.3) is 5.91 Å². The van der Waals surface area contributed by atoms with E-state index in [1.165, 1.54) is 0 Å². The van der Waals surface area contributed by atoms with E-state index < -0.39 is 11.9 Å². The lowest BCUT2D eigenvalue weighted by Crippen LogP contribution is -2.45. The number of benzene rings is 2. The maximum atomic E-state index is 11.8. The topological polar surface area (TPSA) is 79.5 Å². The van der Waals surface area contributed by atoms with E-state index in [0.717, 1.165) is 10.0 Å². The van der Waals surface area contributed by atoms with Crippen LogP contribution in [0.15, 0.2) is 46.9 Å². The van der Waals surface area contributed by atoms with Gasteiger partial charge in [-0.3, -0.25) is 10.2 Å². The minimum atomic E-state index is -0.582. The van der Waals surface area contributed by atoms with Gasteiger partial charge < -0.3 is 10.1 Å². The molecule has 0 fully saturated rings. The number of urea groups is 1. The predicted octanol–water partition coefficient (Wildman–Crippen LogP) is 4.63. The zero-order valence-corrected chi connectivity index (χ0v) is 17.6. The lowest BCUT2D eigenvalue weighted by Gasteiger charge is -2.20. The summed E-state index contributed by atoms with van der Waals surface area (Å²) in [6.07, 6.45) is 0. The number of nitrogens with one attached hydrogen (secondary N) is 3. The van der Waals surface area contributed by atoms with E-state index in [-0.39, 0.29) is 12.0 Å². The van der Waals surface area contributed by atoms with Gasteiger partial charge in [-0.2, -0.15) is 0 Å². The molecule has 0 aliphatic rings. The molecule has 0 saturated heterocycles. The number of hydrogen-bond donors (Lipinski definition) is 3. The molecule has 2 rings (SSSR count). The Morgan fingerprint density at radius 3 is 2.33 bits per heavy atom. The summed E-state index contributed by atoms with van der Waals surface area (Å²) in [4.78, 5) is 23.6. The highest BCUT2D eigenvalue weighted by molar-refractivity contribution is 9.10. The first kappa shape index (κ1) is 21.1. The highest BCUT2D eigenvalue weighted by Gasteiger charge is 2.15. The quantitative estimate of drug-likeness (QED) is 0.589. The molecule has 0 atom stereocenters. The van der Waals surface area contributed by atoms with Crippen LogP contribution in [0, 0.1) is 0 Å². The largest absolute Gasteiger partial charge is 0.483 e. The molecule has 3 amide bonds. The third-order valence-corrected chi connectivity index (χ3v) is 4.45. The standard InChI is InChI=1S/C19H21BrClN3O3/c1-19(2,3)12-4-9-16(15(20)10-12)27-11-17(25)23-24-18(26)22-14-7-5-13(21)6-8-14/h4-10H,11H2,1-3H3,(H,23,25)(H2,22,24,26). The van der Waals surface area contributed by atoms with Crippen LogP contribution in [0.2, 0.25) is 5.02 Å². The van der Waals surface area contributed by atoms with Crippen LogP contribution in [0.4, 0.5) is 10.5 Å². The van der Waals surface area contributed by atoms with Crippen LogP contribution in [-0.2, 0) is 10.2 Å². The fourth-order valence-electron chi connectivity index (χ4n) is 2.09. The van der Waals surface area contributed by atoms with Crippen molar-refractivity contribution in [1.82, 2.24) is 10.9 Å². The first-order chi connectivity index (χ1) is 12.6. The van der Waals surface area contributed by atoms with Crippen LogP contribution in [0.5, 0.6) is 5.75 Å². The SMILES string of the molecule is CC(C)(C)c1ccc(OCC(=O)NNC(=O)Nc2ccc(Cl)cc2)c(Br)c1. The summed E-state index contributed by atoms with van der Waals surface area (Å²) < 4.78 is 6.25. The van der Waals surface area contributed by atoms with Crippen LogP contribution in [0.3, 0.4) is 0 Å². The van der Waals surface area contributed by atoms with Crippen molar-refractivity contribution in [1.29, 1.82) is 0 Å². The van der Waals surface area contributed by atoms with Crippen molar-refractivity contribution in [2.45, 2.75) is 26.2 Å². The molecule has 0 spiro atoms. The van der Waals surface area contributed by atoms with Gasteiger partial charge in [-0.05, 0) is 63.3 Å². The molecule has 27 heavy (non-hydrogen) atoms. The fraction of sp³-hybridized carbons (Fsp3) is 0.263. The number of ether oxygens (including phenoxy) is 1. The third kappa shape index (κ3) is 6.77. The lowest BCUT2D eigenvalue weighted by molar-refractivity contribution is -0.123. The Morgan fingerprint density at radius 1 is 1.07 bits per heavy atom. The van der Waals surface area contributed by atoms with Crippen molar-refractivity contribution < 1.29 is 14.3 Å². The number of amides is 3. The minimum Gasteiger partial charge on any atom is -0.483 e. The first-order valence-electron chi connectivity index (χ1n) is 8.19. The first-order valence-corrected chi connectivity index (χ1v) is 9.36.